The van der Waals surface area contributed by atoms with Crippen molar-refractivity contribution >= 4 is 23.1 Å². The van der Waals surface area contributed by atoms with Gasteiger partial charge in [0.1, 0.15) is 4.99 Å². The summed E-state index contributed by atoms with van der Waals surface area (Å²) in [6.45, 7) is 2.99. The third-order valence-corrected chi connectivity index (χ3v) is 3.76. The van der Waals surface area contributed by atoms with Crippen molar-refractivity contribution in [1.29, 1.82) is 0 Å². The monoisotopic (exact) mass is 291 g/mol. The van der Waals surface area contributed by atoms with Crippen LogP contribution in [-0.4, -0.2) is 47.4 Å². The highest BCUT2D eigenvalue weighted by Crippen LogP contribution is 2.10. The molecule has 0 aromatic heterocycles. The fraction of sp³-hybridized carbons (Fsp3) is 0.467. The summed E-state index contributed by atoms with van der Waals surface area (Å²) in [6.07, 6.45) is 2.26. The molecule has 1 fully saturated rings. The van der Waals surface area contributed by atoms with E-state index in [0.29, 0.717) is 11.5 Å². The Labute approximate surface area is 125 Å². The van der Waals surface area contributed by atoms with E-state index in [2.05, 4.69) is 0 Å². The van der Waals surface area contributed by atoms with Gasteiger partial charge in [-0.1, -0.05) is 30.4 Å². The number of carbonyl (C=O) groups excluding carboxylic acids is 1. The van der Waals surface area contributed by atoms with Crippen LogP contribution in [0.5, 0.6) is 0 Å². The number of thiocarbonyl (C=S) groups is 1. The summed E-state index contributed by atoms with van der Waals surface area (Å²) >= 11 is 4.98. The predicted octanol–water partition coefficient (Wildman–Crippen LogP) is 1.38. The van der Waals surface area contributed by atoms with E-state index in [4.69, 9.17) is 18.0 Å². The van der Waals surface area contributed by atoms with Crippen LogP contribution in [0.3, 0.4) is 0 Å². The van der Waals surface area contributed by atoms with E-state index in [-0.39, 0.29) is 5.91 Å². The molecular formula is C15H21N3OS. The fourth-order valence-electron chi connectivity index (χ4n) is 2.49. The zero-order valence-corrected chi connectivity index (χ0v) is 12.7. The van der Waals surface area contributed by atoms with Gasteiger partial charge < -0.3 is 10.6 Å². The molecule has 1 heterocycles. The van der Waals surface area contributed by atoms with Crippen LogP contribution in [0.25, 0.3) is 0 Å². The molecule has 1 amide bonds. The second-order valence-corrected chi connectivity index (χ2v) is 5.76. The lowest BCUT2D eigenvalue weighted by Crippen LogP contribution is -2.37. The van der Waals surface area contributed by atoms with Crippen LogP contribution < -0.4 is 5.73 Å². The number of hydrogen-bond acceptors (Lipinski definition) is 3. The number of hydrogen-bond donors (Lipinski definition) is 1. The first-order valence-corrected chi connectivity index (χ1v) is 7.32. The van der Waals surface area contributed by atoms with Crippen LogP contribution in [0.15, 0.2) is 24.3 Å². The molecule has 0 radical (unpaired) electrons. The maximum Gasteiger partial charge on any atom is 0.236 e. The van der Waals surface area contributed by atoms with E-state index < -0.39 is 0 Å². The van der Waals surface area contributed by atoms with Gasteiger partial charge in [0, 0.05) is 25.2 Å². The first-order chi connectivity index (χ1) is 9.56. The summed E-state index contributed by atoms with van der Waals surface area (Å²) in [5.41, 5.74) is 7.62. The van der Waals surface area contributed by atoms with E-state index in [1.807, 2.05) is 41.1 Å². The van der Waals surface area contributed by atoms with E-state index in [0.717, 1.165) is 43.6 Å². The van der Waals surface area contributed by atoms with Gasteiger partial charge in [0.05, 0.1) is 6.54 Å². The van der Waals surface area contributed by atoms with Crippen molar-refractivity contribution in [2.45, 2.75) is 19.4 Å². The zero-order valence-electron chi connectivity index (χ0n) is 11.8. The molecule has 1 aliphatic heterocycles. The minimum Gasteiger partial charge on any atom is -0.389 e. The molecule has 0 atom stereocenters. The van der Waals surface area contributed by atoms with Gasteiger partial charge in [-0.2, -0.15) is 0 Å². The van der Waals surface area contributed by atoms with Gasteiger partial charge in [-0.05, 0) is 31.5 Å². The van der Waals surface area contributed by atoms with Crippen molar-refractivity contribution in [3.05, 3.63) is 35.4 Å². The molecule has 2 N–H and O–H groups in total. The summed E-state index contributed by atoms with van der Waals surface area (Å²) < 4.78 is 0. The average Bonchev–Trinajstić information content (AvgIpc) is 2.92. The number of rotatable bonds is 5. The van der Waals surface area contributed by atoms with E-state index in [1.165, 1.54) is 0 Å². The van der Waals surface area contributed by atoms with Crippen LogP contribution in [0.1, 0.15) is 24.0 Å². The number of nitrogens with zero attached hydrogens (tertiary/aromatic N) is 2. The molecule has 0 saturated carbocycles. The molecule has 0 bridgehead atoms. The molecule has 2 rings (SSSR count). The highest BCUT2D eigenvalue weighted by Gasteiger charge is 2.18. The first kappa shape index (κ1) is 14.9. The molecule has 4 nitrogen and oxygen atoms in total. The van der Waals surface area contributed by atoms with Crippen LogP contribution in [-0.2, 0) is 11.3 Å². The Morgan fingerprint density at radius 1 is 1.40 bits per heavy atom. The van der Waals surface area contributed by atoms with Crippen molar-refractivity contribution in [2.24, 2.45) is 5.73 Å². The molecule has 0 spiro atoms. The number of benzene rings is 1. The zero-order chi connectivity index (χ0) is 14.5. The van der Waals surface area contributed by atoms with Gasteiger partial charge in [-0.15, -0.1) is 0 Å². The highest BCUT2D eigenvalue weighted by molar-refractivity contribution is 7.80. The SMILES string of the molecule is CN(CC(=O)N1CCCC1)Cc1cccc(C(N)=S)c1. The van der Waals surface area contributed by atoms with Crippen LogP contribution >= 0.6 is 12.2 Å². The van der Waals surface area contributed by atoms with Gasteiger partial charge in [0.15, 0.2) is 0 Å². The molecule has 0 unspecified atom stereocenters. The molecule has 5 heteroatoms. The fourth-order valence-corrected chi connectivity index (χ4v) is 2.61. The average molecular weight is 291 g/mol. The lowest BCUT2D eigenvalue weighted by Gasteiger charge is -2.21. The summed E-state index contributed by atoms with van der Waals surface area (Å²) in [4.78, 5) is 16.4. The van der Waals surface area contributed by atoms with Crippen molar-refractivity contribution in [3.63, 3.8) is 0 Å². The predicted molar refractivity (Wildman–Crippen MR) is 84.5 cm³/mol. The van der Waals surface area contributed by atoms with E-state index >= 15 is 0 Å². The lowest BCUT2D eigenvalue weighted by atomic mass is 10.1. The Morgan fingerprint density at radius 3 is 2.75 bits per heavy atom. The number of nitrogens with two attached hydrogens (primary N) is 1. The van der Waals surface area contributed by atoms with Gasteiger partial charge >= 0.3 is 0 Å². The topological polar surface area (TPSA) is 49.6 Å². The van der Waals surface area contributed by atoms with Gasteiger partial charge in [0.2, 0.25) is 5.91 Å². The van der Waals surface area contributed by atoms with E-state index in [1.54, 1.807) is 0 Å². The minimum atomic E-state index is 0.218. The Hall–Kier alpha value is -1.46. The highest BCUT2D eigenvalue weighted by atomic mass is 32.1. The van der Waals surface area contributed by atoms with Gasteiger partial charge in [-0.3, -0.25) is 9.69 Å². The number of likely N-dealkylation sites (tertiary alicyclic amines) is 1. The summed E-state index contributed by atoms with van der Waals surface area (Å²) in [5, 5.41) is 0. The molecule has 1 aromatic carbocycles. The van der Waals surface area contributed by atoms with Crippen molar-refractivity contribution in [2.75, 3.05) is 26.7 Å². The smallest absolute Gasteiger partial charge is 0.236 e. The molecular weight excluding hydrogens is 270 g/mol. The maximum atomic E-state index is 12.1. The quantitative estimate of drug-likeness (QED) is 0.833. The van der Waals surface area contributed by atoms with Crippen molar-refractivity contribution < 1.29 is 4.79 Å². The Kier molecular flexibility index (Phi) is 5.09. The minimum absolute atomic E-state index is 0.218. The third kappa shape index (κ3) is 4.02. The van der Waals surface area contributed by atoms with Crippen molar-refractivity contribution in [3.8, 4) is 0 Å². The number of carbonyl (C=O) groups is 1. The molecule has 20 heavy (non-hydrogen) atoms. The van der Waals surface area contributed by atoms with Crippen molar-refractivity contribution in [1.82, 2.24) is 9.80 Å². The summed E-state index contributed by atoms with van der Waals surface area (Å²) in [5.74, 6) is 0.218. The summed E-state index contributed by atoms with van der Waals surface area (Å²) in [7, 11) is 1.96. The Balaban J connectivity index is 1.90. The van der Waals surface area contributed by atoms with Gasteiger partial charge in [-0.25, -0.2) is 0 Å². The second-order valence-electron chi connectivity index (χ2n) is 5.32. The molecule has 1 aromatic rings. The Bertz CT molecular complexity index is 498. The molecule has 108 valence electrons. The first-order valence-electron chi connectivity index (χ1n) is 6.91. The van der Waals surface area contributed by atoms with Crippen LogP contribution in [0.2, 0.25) is 0 Å². The van der Waals surface area contributed by atoms with E-state index in [9.17, 15) is 4.79 Å². The lowest BCUT2D eigenvalue weighted by molar-refractivity contribution is -0.131. The molecule has 1 saturated heterocycles. The van der Waals surface area contributed by atoms with Gasteiger partial charge in [0.25, 0.3) is 0 Å². The third-order valence-electron chi connectivity index (χ3n) is 3.53. The number of amides is 1. The number of likely N-dealkylation sites (N-methyl/N-ethyl adjacent to an activating group) is 1. The summed E-state index contributed by atoms with van der Waals surface area (Å²) in [6, 6.07) is 7.86. The normalized spacial score (nSPS) is 14.8. The Morgan fingerprint density at radius 2 is 2.10 bits per heavy atom. The van der Waals surface area contributed by atoms with Crippen LogP contribution in [0.4, 0.5) is 0 Å². The largest absolute Gasteiger partial charge is 0.389 e. The molecule has 0 aliphatic carbocycles. The standard InChI is InChI=1S/C15H21N3OS/c1-17(11-14(19)18-7-2-3-8-18)10-12-5-4-6-13(9-12)15(16)20/h4-6,9H,2-3,7-8,10-11H2,1H3,(H2,16,20). The second kappa shape index (κ2) is 6.81. The van der Waals surface area contributed by atoms with Crippen LogP contribution in [0, 0.1) is 0 Å². The maximum absolute atomic E-state index is 12.1. The molecule has 1 aliphatic rings.